The van der Waals surface area contributed by atoms with Gasteiger partial charge in [0.25, 0.3) is 5.91 Å². The number of nitrogens with one attached hydrogen (secondary N) is 1. The number of halogens is 1. The van der Waals surface area contributed by atoms with Gasteiger partial charge in [0.05, 0.1) is 6.04 Å². The van der Waals surface area contributed by atoms with E-state index >= 15 is 0 Å². The highest BCUT2D eigenvalue weighted by molar-refractivity contribution is 6.35. The average molecular weight is 426 g/mol. The molecule has 0 saturated carbocycles. The first kappa shape index (κ1) is 22.5. The maximum Gasteiger partial charge on any atom is 0.312 e. The van der Waals surface area contributed by atoms with Crippen LogP contribution in [0.1, 0.15) is 54.2 Å². The third-order valence-corrected chi connectivity index (χ3v) is 5.57. The number of amides is 3. The van der Waals surface area contributed by atoms with Crippen LogP contribution in [0.5, 0.6) is 0 Å². The summed E-state index contributed by atoms with van der Waals surface area (Å²) in [5.74, 6) is -1.55. The molecule has 0 bridgehead atoms. The predicted octanol–water partition coefficient (Wildman–Crippen LogP) is 3.11. The first-order valence-electron chi connectivity index (χ1n) is 10.5. The van der Waals surface area contributed by atoms with Crippen molar-refractivity contribution in [2.24, 2.45) is 0 Å². The van der Waals surface area contributed by atoms with Crippen LogP contribution in [0.4, 0.5) is 4.39 Å². The summed E-state index contributed by atoms with van der Waals surface area (Å²) in [6.45, 7) is 7.23. The number of carbonyl (C=O) groups excluding carboxylic acids is 3. The summed E-state index contributed by atoms with van der Waals surface area (Å²) in [4.78, 5) is 40.8. The Balaban J connectivity index is 1.56. The molecule has 164 valence electrons. The van der Waals surface area contributed by atoms with Gasteiger partial charge in [-0.3, -0.25) is 14.4 Å². The van der Waals surface area contributed by atoms with Gasteiger partial charge in [-0.15, -0.1) is 0 Å². The highest BCUT2D eigenvalue weighted by Crippen LogP contribution is 2.24. The van der Waals surface area contributed by atoms with Crippen LogP contribution in [0.3, 0.4) is 0 Å². The van der Waals surface area contributed by atoms with Gasteiger partial charge in [-0.25, -0.2) is 4.39 Å². The molecule has 2 aromatic carbocycles. The van der Waals surface area contributed by atoms with E-state index in [1.165, 1.54) is 29.2 Å². The van der Waals surface area contributed by atoms with Crippen molar-refractivity contribution >= 4 is 17.7 Å². The lowest BCUT2D eigenvalue weighted by atomic mass is 9.93. The van der Waals surface area contributed by atoms with Crippen molar-refractivity contribution in [1.29, 1.82) is 0 Å². The molecule has 1 atom stereocenters. The zero-order chi connectivity index (χ0) is 22.5. The van der Waals surface area contributed by atoms with Crippen LogP contribution in [-0.2, 0) is 9.59 Å². The number of carbonyl (C=O) groups is 3. The van der Waals surface area contributed by atoms with Gasteiger partial charge in [0.15, 0.2) is 0 Å². The summed E-state index contributed by atoms with van der Waals surface area (Å²) in [5, 5.41) is 2.81. The first-order chi connectivity index (χ1) is 14.8. The van der Waals surface area contributed by atoms with Crippen LogP contribution in [-0.4, -0.2) is 53.7 Å². The number of hydrogen-bond donors (Lipinski definition) is 1. The Bertz CT molecular complexity index is 951. The number of piperazine rings is 1. The molecule has 1 unspecified atom stereocenters. The molecule has 0 aliphatic carbocycles. The highest BCUT2D eigenvalue weighted by Gasteiger charge is 2.29. The van der Waals surface area contributed by atoms with Gasteiger partial charge in [0, 0.05) is 31.7 Å². The maximum atomic E-state index is 13.1. The Morgan fingerprint density at radius 1 is 0.839 bits per heavy atom. The summed E-state index contributed by atoms with van der Waals surface area (Å²) >= 11 is 0. The SMILES string of the molecule is CC(C)c1ccccc1C(C)NC(=O)C(=O)N1CCN(C(=O)c2ccc(F)cc2)CC1. The zero-order valence-electron chi connectivity index (χ0n) is 18.1. The molecule has 1 aliphatic heterocycles. The summed E-state index contributed by atoms with van der Waals surface area (Å²) in [6.07, 6.45) is 0. The fourth-order valence-corrected chi connectivity index (χ4v) is 3.80. The largest absolute Gasteiger partial charge is 0.341 e. The monoisotopic (exact) mass is 425 g/mol. The minimum atomic E-state index is -0.649. The molecule has 3 rings (SSSR count). The summed E-state index contributed by atoms with van der Waals surface area (Å²) < 4.78 is 13.1. The van der Waals surface area contributed by atoms with Gasteiger partial charge < -0.3 is 15.1 Å². The fourth-order valence-electron chi connectivity index (χ4n) is 3.80. The van der Waals surface area contributed by atoms with Crippen LogP contribution in [0, 0.1) is 5.82 Å². The van der Waals surface area contributed by atoms with E-state index in [0.29, 0.717) is 24.6 Å². The van der Waals surface area contributed by atoms with Gasteiger partial charge in [0.2, 0.25) is 0 Å². The van der Waals surface area contributed by atoms with Gasteiger partial charge in [-0.2, -0.15) is 0 Å². The standard InChI is InChI=1S/C24H28FN3O3/c1-16(2)20-6-4-5-7-21(20)17(3)26-22(29)24(31)28-14-12-27(13-15-28)23(30)18-8-10-19(25)11-9-18/h4-11,16-17H,12-15H2,1-3H3,(H,26,29). The molecule has 1 saturated heterocycles. The summed E-state index contributed by atoms with van der Waals surface area (Å²) in [7, 11) is 0. The molecule has 7 heteroatoms. The highest BCUT2D eigenvalue weighted by atomic mass is 19.1. The summed E-state index contributed by atoms with van der Waals surface area (Å²) in [6, 6.07) is 13.0. The minimum Gasteiger partial charge on any atom is -0.341 e. The Labute approximate surface area is 182 Å². The van der Waals surface area contributed by atoms with E-state index in [0.717, 1.165) is 11.1 Å². The van der Waals surface area contributed by atoms with Crippen molar-refractivity contribution < 1.29 is 18.8 Å². The molecule has 0 spiro atoms. The second-order valence-electron chi connectivity index (χ2n) is 8.07. The molecule has 2 aromatic rings. The third-order valence-electron chi connectivity index (χ3n) is 5.57. The van der Waals surface area contributed by atoms with Crippen molar-refractivity contribution in [3.8, 4) is 0 Å². The van der Waals surface area contributed by atoms with E-state index in [1.807, 2.05) is 31.2 Å². The predicted molar refractivity (Wildman–Crippen MR) is 116 cm³/mol. The van der Waals surface area contributed by atoms with E-state index in [-0.39, 0.29) is 25.0 Å². The fraction of sp³-hybridized carbons (Fsp3) is 0.375. The van der Waals surface area contributed by atoms with Crippen molar-refractivity contribution in [3.63, 3.8) is 0 Å². The van der Waals surface area contributed by atoms with Gasteiger partial charge in [0.1, 0.15) is 5.82 Å². The molecule has 1 fully saturated rings. The Kier molecular flexibility index (Phi) is 7.05. The van der Waals surface area contributed by atoms with Crippen molar-refractivity contribution in [1.82, 2.24) is 15.1 Å². The van der Waals surface area contributed by atoms with Gasteiger partial charge >= 0.3 is 11.8 Å². The molecule has 31 heavy (non-hydrogen) atoms. The molecule has 1 heterocycles. The first-order valence-corrected chi connectivity index (χ1v) is 10.5. The van der Waals surface area contributed by atoms with E-state index in [1.54, 1.807) is 4.90 Å². The zero-order valence-corrected chi connectivity index (χ0v) is 18.1. The van der Waals surface area contributed by atoms with E-state index in [2.05, 4.69) is 19.2 Å². The molecule has 1 aliphatic rings. The van der Waals surface area contributed by atoms with Gasteiger partial charge in [-0.05, 0) is 48.2 Å². The number of benzene rings is 2. The topological polar surface area (TPSA) is 69.7 Å². The second-order valence-corrected chi connectivity index (χ2v) is 8.07. The summed E-state index contributed by atoms with van der Waals surface area (Å²) in [5.41, 5.74) is 2.53. The van der Waals surface area contributed by atoms with Crippen LogP contribution < -0.4 is 5.32 Å². The van der Waals surface area contributed by atoms with Crippen LogP contribution in [0.25, 0.3) is 0 Å². The second kappa shape index (κ2) is 9.73. The Hall–Kier alpha value is -3.22. The van der Waals surface area contributed by atoms with Crippen molar-refractivity contribution in [2.75, 3.05) is 26.2 Å². The Morgan fingerprint density at radius 3 is 1.97 bits per heavy atom. The minimum absolute atomic E-state index is 0.213. The molecular weight excluding hydrogens is 397 g/mol. The van der Waals surface area contributed by atoms with E-state index < -0.39 is 17.6 Å². The Morgan fingerprint density at radius 2 is 1.39 bits per heavy atom. The molecule has 0 aromatic heterocycles. The van der Waals surface area contributed by atoms with Crippen LogP contribution in [0.2, 0.25) is 0 Å². The van der Waals surface area contributed by atoms with E-state index in [9.17, 15) is 18.8 Å². The quantitative estimate of drug-likeness (QED) is 0.766. The smallest absolute Gasteiger partial charge is 0.312 e. The molecule has 3 amide bonds. The number of hydrogen-bond acceptors (Lipinski definition) is 3. The maximum absolute atomic E-state index is 13.1. The third kappa shape index (κ3) is 5.29. The number of nitrogens with zero attached hydrogens (tertiary/aromatic N) is 2. The normalized spacial score (nSPS) is 15.0. The molecule has 6 nitrogen and oxygen atoms in total. The van der Waals surface area contributed by atoms with Gasteiger partial charge in [-0.1, -0.05) is 38.1 Å². The van der Waals surface area contributed by atoms with Crippen molar-refractivity contribution in [2.45, 2.75) is 32.7 Å². The lowest BCUT2D eigenvalue weighted by molar-refractivity contribution is -0.147. The van der Waals surface area contributed by atoms with E-state index in [4.69, 9.17) is 0 Å². The van der Waals surface area contributed by atoms with Crippen LogP contribution in [0.15, 0.2) is 48.5 Å². The molecular formula is C24H28FN3O3. The molecule has 1 N–H and O–H groups in total. The number of rotatable bonds is 4. The lowest BCUT2D eigenvalue weighted by Gasteiger charge is -2.34. The van der Waals surface area contributed by atoms with Crippen LogP contribution >= 0.6 is 0 Å². The van der Waals surface area contributed by atoms with Crippen molar-refractivity contribution in [3.05, 3.63) is 71.0 Å². The lowest BCUT2D eigenvalue weighted by Crippen LogP contribution is -2.54. The average Bonchev–Trinajstić information content (AvgIpc) is 2.78. The molecule has 0 radical (unpaired) electrons.